The maximum Gasteiger partial charge on any atom is 0.0488 e. The van der Waals surface area contributed by atoms with Gasteiger partial charge in [0.2, 0.25) is 0 Å². The molecule has 0 amide bonds. The molecular formula is C15H22N2. The summed E-state index contributed by atoms with van der Waals surface area (Å²) in [5.41, 5.74) is 11.2. The number of benzene rings is 1. The van der Waals surface area contributed by atoms with Gasteiger partial charge in [0.25, 0.3) is 0 Å². The van der Waals surface area contributed by atoms with Crippen LogP contribution in [0.5, 0.6) is 0 Å². The van der Waals surface area contributed by atoms with Gasteiger partial charge in [-0.25, -0.2) is 0 Å². The SMILES string of the molecule is CCc1cn(CCCN)c2cc(C)cc(C)c12. The topological polar surface area (TPSA) is 30.9 Å². The Hall–Kier alpha value is -1.28. The predicted molar refractivity (Wildman–Crippen MR) is 74.5 cm³/mol. The van der Waals surface area contributed by atoms with Crippen LogP contribution in [0.2, 0.25) is 0 Å². The molecule has 2 aromatic rings. The Morgan fingerprint density at radius 1 is 1.24 bits per heavy atom. The molecule has 1 heterocycles. The zero-order chi connectivity index (χ0) is 12.4. The minimum absolute atomic E-state index is 0.756. The molecule has 0 radical (unpaired) electrons. The molecule has 0 bridgehead atoms. The van der Waals surface area contributed by atoms with Crippen molar-refractivity contribution in [1.82, 2.24) is 4.57 Å². The van der Waals surface area contributed by atoms with Gasteiger partial charge in [0.1, 0.15) is 0 Å². The van der Waals surface area contributed by atoms with E-state index in [0.29, 0.717) is 0 Å². The molecule has 2 nitrogen and oxygen atoms in total. The molecule has 0 unspecified atom stereocenters. The zero-order valence-electron chi connectivity index (χ0n) is 11.1. The van der Waals surface area contributed by atoms with Crippen LogP contribution in [0.15, 0.2) is 18.3 Å². The number of hydrogen-bond acceptors (Lipinski definition) is 1. The smallest absolute Gasteiger partial charge is 0.0488 e. The molecule has 0 saturated heterocycles. The number of fused-ring (bicyclic) bond motifs is 1. The van der Waals surface area contributed by atoms with Crippen molar-refractivity contribution in [3.05, 3.63) is 35.0 Å². The average Bonchev–Trinajstić information content (AvgIpc) is 2.64. The van der Waals surface area contributed by atoms with Crippen LogP contribution < -0.4 is 5.73 Å². The van der Waals surface area contributed by atoms with Crippen LogP contribution in [0.25, 0.3) is 10.9 Å². The fraction of sp³-hybridized carbons (Fsp3) is 0.467. The van der Waals surface area contributed by atoms with E-state index in [0.717, 1.165) is 25.9 Å². The lowest BCUT2D eigenvalue weighted by molar-refractivity contribution is 0.669. The lowest BCUT2D eigenvalue weighted by Gasteiger charge is -2.06. The van der Waals surface area contributed by atoms with Gasteiger partial charge in [-0.1, -0.05) is 13.0 Å². The second kappa shape index (κ2) is 4.92. The first kappa shape index (κ1) is 12.2. The Bertz CT molecular complexity index is 523. The normalized spacial score (nSPS) is 11.3. The summed E-state index contributed by atoms with van der Waals surface area (Å²) >= 11 is 0. The molecule has 0 aliphatic carbocycles. The van der Waals surface area contributed by atoms with Gasteiger partial charge in [0.05, 0.1) is 0 Å². The number of rotatable bonds is 4. The number of aryl methyl sites for hydroxylation is 4. The Morgan fingerprint density at radius 2 is 2.00 bits per heavy atom. The van der Waals surface area contributed by atoms with Crippen LogP contribution in [0.4, 0.5) is 0 Å². The van der Waals surface area contributed by atoms with Gasteiger partial charge in [0, 0.05) is 23.6 Å². The third-order valence-corrected chi connectivity index (χ3v) is 3.39. The molecule has 0 fully saturated rings. The number of hydrogen-bond donors (Lipinski definition) is 1. The predicted octanol–water partition coefficient (Wildman–Crippen LogP) is 3.17. The monoisotopic (exact) mass is 230 g/mol. The molecule has 1 aromatic carbocycles. The van der Waals surface area contributed by atoms with E-state index >= 15 is 0 Å². The van der Waals surface area contributed by atoms with Gasteiger partial charge in [-0.3, -0.25) is 0 Å². The van der Waals surface area contributed by atoms with Crippen molar-refractivity contribution in [3.8, 4) is 0 Å². The summed E-state index contributed by atoms with van der Waals surface area (Å²) in [6.07, 6.45) is 4.43. The van der Waals surface area contributed by atoms with Crippen LogP contribution in [0.1, 0.15) is 30.0 Å². The van der Waals surface area contributed by atoms with Gasteiger partial charge >= 0.3 is 0 Å². The first-order valence-corrected chi connectivity index (χ1v) is 6.46. The Labute approximate surface area is 103 Å². The minimum Gasteiger partial charge on any atom is -0.347 e. The summed E-state index contributed by atoms with van der Waals surface area (Å²) in [6.45, 7) is 8.38. The van der Waals surface area contributed by atoms with Crippen molar-refractivity contribution < 1.29 is 0 Å². The van der Waals surface area contributed by atoms with Crippen LogP contribution >= 0.6 is 0 Å². The standard InChI is InChI=1S/C15H22N2/c1-4-13-10-17(7-5-6-16)14-9-11(2)8-12(3)15(13)14/h8-10H,4-7,16H2,1-3H3. The lowest BCUT2D eigenvalue weighted by atomic mass is 10.0. The summed E-state index contributed by atoms with van der Waals surface area (Å²) in [6, 6.07) is 4.56. The molecule has 0 saturated carbocycles. The third-order valence-electron chi connectivity index (χ3n) is 3.39. The van der Waals surface area contributed by atoms with E-state index in [1.54, 1.807) is 0 Å². The molecule has 2 heteroatoms. The average molecular weight is 230 g/mol. The largest absolute Gasteiger partial charge is 0.347 e. The van der Waals surface area contributed by atoms with Crippen molar-refractivity contribution in [1.29, 1.82) is 0 Å². The van der Waals surface area contributed by atoms with E-state index in [4.69, 9.17) is 5.73 Å². The zero-order valence-corrected chi connectivity index (χ0v) is 11.1. The molecule has 0 atom stereocenters. The van der Waals surface area contributed by atoms with E-state index in [-0.39, 0.29) is 0 Å². The highest BCUT2D eigenvalue weighted by Crippen LogP contribution is 2.27. The quantitative estimate of drug-likeness (QED) is 0.859. The van der Waals surface area contributed by atoms with Gasteiger partial charge < -0.3 is 10.3 Å². The number of aromatic nitrogens is 1. The van der Waals surface area contributed by atoms with E-state index in [2.05, 4.69) is 43.7 Å². The van der Waals surface area contributed by atoms with Gasteiger partial charge in [-0.2, -0.15) is 0 Å². The van der Waals surface area contributed by atoms with Crippen LogP contribution in [0.3, 0.4) is 0 Å². The number of nitrogens with zero attached hydrogens (tertiary/aromatic N) is 1. The summed E-state index contributed by atoms with van der Waals surface area (Å²) in [7, 11) is 0. The van der Waals surface area contributed by atoms with Gasteiger partial charge in [0.15, 0.2) is 0 Å². The summed E-state index contributed by atoms with van der Waals surface area (Å²) in [5, 5.41) is 1.44. The molecular weight excluding hydrogens is 208 g/mol. The molecule has 92 valence electrons. The van der Waals surface area contributed by atoms with E-state index in [9.17, 15) is 0 Å². The summed E-state index contributed by atoms with van der Waals surface area (Å²) < 4.78 is 2.36. The van der Waals surface area contributed by atoms with Crippen molar-refractivity contribution >= 4 is 10.9 Å². The Balaban J connectivity index is 2.60. The summed E-state index contributed by atoms with van der Waals surface area (Å²) in [5.74, 6) is 0. The van der Waals surface area contributed by atoms with Crippen molar-refractivity contribution in [2.45, 2.75) is 40.2 Å². The fourth-order valence-corrected chi connectivity index (χ4v) is 2.63. The molecule has 17 heavy (non-hydrogen) atoms. The minimum atomic E-state index is 0.756. The van der Waals surface area contributed by atoms with Crippen LogP contribution in [0, 0.1) is 13.8 Å². The highest BCUT2D eigenvalue weighted by molar-refractivity contribution is 5.87. The van der Waals surface area contributed by atoms with Crippen molar-refractivity contribution in [3.63, 3.8) is 0 Å². The first-order valence-electron chi connectivity index (χ1n) is 6.46. The first-order chi connectivity index (χ1) is 8.17. The summed E-state index contributed by atoms with van der Waals surface area (Å²) in [4.78, 5) is 0. The van der Waals surface area contributed by atoms with Gasteiger partial charge in [-0.15, -0.1) is 0 Å². The van der Waals surface area contributed by atoms with Gasteiger partial charge in [-0.05, 0) is 56.0 Å². The number of nitrogens with two attached hydrogens (primary N) is 1. The molecule has 0 aliphatic rings. The lowest BCUT2D eigenvalue weighted by Crippen LogP contribution is -2.04. The second-order valence-corrected chi connectivity index (χ2v) is 4.82. The van der Waals surface area contributed by atoms with E-state index in [1.807, 2.05) is 0 Å². The van der Waals surface area contributed by atoms with E-state index in [1.165, 1.54) is 27.6 Å². The molecule has 2 N–H and O–H groups in total. The maximum absolute atomic E-state index is 5.61. The molecule has 0 aliphatic heterocycles. The highest BCUT2D eigenvalue weighted by Gasteiger charge is 2.09. The highest BCUT2D eigenvalue weighted by atomic mass is 15.0. The molecule has 0 spiro atoms. The molecule has 2 rings (SSSR count). The van der Waals surface area contributed by atoms with Crippen LogP contribution in [-0.2, 0) is 13.0 Å². The fourth-order valence-electron chi connectivity index (χ4n) is 2.63. The maximum atomic E-state index is 5.61. The van der Waals surface area contributed by atoms with Crippen molar-refractivity contribution in [2.75, 3.05) is 6.54 Å². The van der Waals surface area contributed by atoms with E-state index < -0.39 is 0 Å². The van der Waals surface area contributed by atoms with Crippen molar-refractivity contribution in [2.24, 2.45) is 5.73 Å². The Kier molecular flexibility index (Phi) is 3.53. The van der Waals surface area contributed by atoms with Crippen LogP contribution in [-0.4, -0.2) is 11.1 Å². The Morgan fingerprint density at radius 3 is 2.65 bits per heavy atom. The second-order valence-electron chi connectivity index (χ2n) is 4.82. The molecule has 1 aromatic heterocycles. The third kappa shape index (κ3) is 2.22.